The number of rotatable bonds is 9. The summed E-state index contributed by atoms with van der Waals surface area (Å²) in [5.74, 6) is -1.21. The van der Waals surface area contributed by atoms with Crippen molar-refractivity contribution >= 4 is 14.3 Å². The van der Waals surface area contributed by atoms with E-state index in [9.17, 15) is 18.0 Å². The highest BCUT2D eigenvalue weighted by Crippen LogP contribution is 2.46. The minimum Gasteiger partial charge on any atom is -0.497 e. The van der Waals surface area contributed by atoms with Crippen LogP contribution in [0.25, 0.3) is 0 Å². The predicted octanol–water partition coefficient (Wildman–Crippen LogP) is 4.60. The Morgan fingerprint density at radius 2 is 1.54 bits per heavy atom. The van der Waals surface area contributed by atoms with E-state index >= 15 is 0 Å². The highest BCUT2D eigenvalue weighted by atomic mass is 28.4. The van der Waals surface area contributed by atoms with Crippen molar-refractivity contribution in [2.24, 2.45) is 0 Å². The van der Waals surface area contributed by atoms with Gasteiger partial charge in [0.25, 0.3) is 5.60 Å². The van der Waals surface area contributed by atoms with Crippen molar-refractivity contribution in [1.29, 1.82) is 0 Å². The Bertz CT molecular complexity index is 1060. The number of esters is 1. The van der Waals surface area contributed by atoms with Crippen LogP contribution in [0.1, 0.15) is 11.1 Å². The van der Waals surface area contributed by atoms with Gasteiger partial charge in [0.05, 0.1) is 26.9 Å². The number of halogens is 3. The second-order valence-electron chi connectivity index (χ2n) is 10.00. The molecule has 2 heterocycles. The van der Waals surface area contributed by atoms with Gasteiger partial charge in [-0.3, -0.25) is 0 Å². The topological polar surface area (TPSA) is 72.5 Å². The van der Waals surface area contributed by atoms with Crippen LogP contribution in [0.2, 0.25) is 19.6 Å². The number of ether oxygens (including phenoxy) is 5. The summed E-state index contributed by atoms with van der Waals surface area (Å²) in [5, 5.41) is 0. The molecule has 0 bridgehead atoms. The van der Waals surface area contributed by atoms with Crippen LogP contribution in [-0.2, 0) is 40.4 Å². The Labute approximate surface area is 214 Å². The molecule has 5 atom stereocenters. The Morgan fingerprint density at radius 3 is 2.11 bits per heavy atom. The highest BCUT2D eigenvalue weighted by Gasteiger charge is 2.66. The molecule has 0 unspecified atom stereocenters. The SMILES string of the molecule is COc1ccc([C@](O[Si](C)(C)C)(C(=O)O[C@@H]2CO[C@H]3[C@@H]2OC[C@@H]3OCc2ccccc2)C(F)(F)F)cc1. The molecule has 2 aromatic rings. The minimum atomic E-state index is -5.10. The van der Waals surface area contributed by atoms with Crippen LogP contribution in [0, 0.1) is 0 Å². The fraction of sp³-hybridized carbons (Fsp3) is 0.500. The molecule has 2 aliphatic heterocycles. The number of alkyl halides is 3. The van der Waals surface area contributed by atoms with Gasteiger partial charge in [0.1, 0.15) is 24.1 Å². The van der Waals surface area contributed by atoms with E-state index in [1.807, 2.05) is 30.3 Å². The molecule has 0 radical (unpaired) electrons. The van der Waals surface area contributed by atoms with Crippen LogP contribution in [0.4, 0.5) is 13.2 Å². The molecule has 2 aromatic carbocycles. The van der Waals surface area contributed by atoms with Crippen LogP contribution < -0.4 is 4.74 Å². The Hall–Kier alpha value is -2.44. The maximum Gasteiger partial charge on any atom is 0.431 e. The first-order valence-electron chi connectivity index (χ1n) is 12.0. The molecule has 0 saturated carbocycles. The molecule has 37 heavy (non-hydrogen) atoms. The fourth-order valence-corrected chi connectivity index (χ4v) is 5.75. The molecule has 11 heteroatoms. The summed E-state index contributed by atoms with van der Waals surface area (Å²) in [7, 11) is -1.54. The lowest BCUT2D eigenvalue weighted by Crippen LogP contribution is -2.57. The van der Waals surface area contributed by atoms with Crippen molar-refractivity contribution in [1.82, 2.24) is 0 Å². The smallest absolute Gasteiger partial charge is 0.431 e. The lowest BCUT2D eigenvalue weighted by molar-refractivity contribution is -0.264. The van der Waals surface area contributed by atoms with Gasteiger partial charge >= 0.3 is 12.1 Å². The van der Waals surface area contributed by atoms with Gasteiger partial charge in [0.2, 0.25) is 0 Å². The molecule has 2 aliphatic rings. The molecule has 0 aromatic heterocycles. The summed E-state index contributed by atoms with van der Waals surface area (Å²) in [6, 6.07) is 14.6. The summed E-state index contributed by atoms with van der Waals surface area (Å²) in [6.45, 7) is 5.11. The molecule has 7 nitrogen and oxygen atoms in total. The van der Waals surface area contributed by atoms with Gasteiger partial charge in [-0.2, -0.15) is 13.2 Å². The van der Waals surface area contributed by atoms with Crippen molar-refractivity contribution in [3.63, 3.8) is 0 Å². The standard InChI is InChI=1S/C26H31F3O7Si/c1-31-19-12-10-18(11-13-19)25(26(27,28)29,36-37(2,3)4)24(30)35-21-16-34-22-20(15-33-23(21)22)32-14-17-8-6-5-7-9-17/h5-13,20-23H,14-16H2,1-4H3/t20-,21+,22+,23+,25-/m0/s1. The molecule has 202 valence electrons. The summed E-state index contributed by atoms with van der Waals surface area (Å²) >= 11 is 0. The lowest BCUT2D eigenvalue weighted by Gasteiger charge is -2.39. The Morgan fingerprint density at radius 1 is 0.946 bits per heavy atom. The third kappa shape index (κ3) is 5.85. The van der Waals surface area contributed by atoms with E-state index in [0.29, 0.717) is 12.4 Å². The van der Waals surface area contributed by atoms with Crippen molar-refractivity contribution in [3.8, 4) is 5.75 Å². The van der Waals surface area contributed by atoms with Crippen molar-refractivity contribution < 1.29 is 46.1 Å². The molecule has 0 amide bonds. The van der Waals surface area contributed by atoms with E-state index in [1.54, 1.807) is 19.6 Å². The maximum absolute atomic E-state index is 14.8. The van der Waals surface area contributed by atoms with Gasteiger partial charge in [-0.05, 0) is 37.3 Å². The Kier molecular flexibility index (Phi) is 8.01. The largest absolute Gasteiger partial charge is 0.497 e. The van der Waals surface area contributed by atoms with Crippen LogP contribution in [0.5, 0.6) is 5.75 Å². The molecular formula is C26H31F3O7Si. The Balaban J connectivity index is 1.54. The number of carbonyl (C=O) groups is 1. The van der Waals surface area contributed by atoms with Gasteiger partial charge in [0.15, 0.2) is 14.4 Å². The van der Waals surface area contributed by atoms with Crippen molar-refractivity contribution in [3.05, 3.63) is 65.7 Å². The zero-order valence-corrected chi connectivity index (χ0v) is 22.1. The van der Waals surface area contributed by atoms with E-state index in [4.69, 9.17) is 28.1 Å². The van der Waals surface area contributed by atoms with Crippen molar-refractivity contribution in [2.75, 3.05) is 20.3 Å². The van der Waals surface area contributed by atoms with E-state index in [1.165, 1.54) is 31.4 Å². The average Bonchev–Trinajstić information content (AvgIpc) is 3.43. The van der Waals surface area contributed by atoms with Crippen LogP contribution in [-0.4, -0.2) is 65.2 Å². The summed E-state index contributed by atoms with van der Waals surface area (Å²) in [4.78, 5) is 13.5. The highest BCUT2D eigenvalue weighted by molar-refractivity contribution is 6.70. The zero-order valence-electron chi connectivity index (χ0n) is 21.1. The van der Waals surface area contributed by atoms with Gasteiger partial charge in [0, 0.05) is 5.56 Å². The third-order valence-corrected chi connectivity index (χ3v) is 7.09. The predicted molar refractivity (Wildman–Crippen MR) is 130 cm³/mol. The van der Waals surface area contributed by atoms with Gasteiger partial charge in [-0.25, -0.2) is 4.79 Å². The molecule has 4 rings (SSSR count). The van der Waals surface area contributed by atoms with Crippen LogP contribution in [0.15, 0.2) is 54.6 Å². The molecule has 0 aliphatic carbocycles. The summed E-state index contributed by atoms with van der Waals surface area (Å²) in [5.41, 5.74) is -2.74. The zero-order chi connectivity index (χ0) is 26.8. The number of benzene rings is 2. The number of hydrogen-bond acceptors (Lipinski definition) is 7. The van der Waals surface area contributed by atoms with Crippen molar-refractivity contribution in [2.45, 2.75) is 62.4 Å². The second-order valence-corrected chi connectivity index (χ2v) is 14.4. The van der Waals surface area contributed by atoms with E-state index < -0.39 is 50.5 Å². The quantitative estimate of drug-likeness (QED) is 0.340. The van der Waals surface area contributed by atoms with E-state index in [0.717, 1.165) is 5.56 Å². The fourth-order valence-electron chi connectivity index (χ4n) is 4.51. The van der Waals surface area contributed by atoms with Crippen LogP contribution in [0.3, 0.4) is 0 Å². The third-order valence-electron chi connectivity index (χ3n) is 6.17. The second kappa shape index (κ2) is 10.7. The van der Waals surface area contributed by atoms with Crippen LogP contribution >= 0.6 is 0 Å². The monoisotopic (exact) mass is 540 g/mol. The first kappa shape index (κ1) is 27.6. The number of carbonyl (C=O) groups excluding carboxylic acids is 1. The normalized spacial score (nSPS) is 25.4. The summed E-state index contributed by atoms with van der Waals surface area (Å²) in [6.07, 6.45) is -7.91. The summed E-state index contributed by atoms with van der Waals surface area (Å²) < 4.78 is 78.0. The molecular weight excluding hydrogens is 509 g/mol. The van der Waals surface area contributed by atoms with Gasteiger partial charge in [-0.1, -0.05) is 42.5 Å². The molecule has 0 spiro atoms. The maximum atomic E-state index is 14.8. The number of hydrogen-bond donors (Lipinski definition) is 0. The number of fused-ring (bicyclic) bond motifs is 1. The lowest BCUT2D eigenvalue weighted by atomic mass is 9.93. The first-order valence-corrected chi connectivity index (χ1v) is 15.4. The molecule has 2 saturated heterocycles. The number of methoxy groups -OCH3 is 1. The van der Waals surface area contributed by atoms with E-state index in [-0.39, 0.29) is 18.8 Å². The molecule has 2 fully saturated rings. The van der Waals surface area contributed by atoms with Gasteiger partial charge < -0.3 is 28.1 Å². The average molecular weight is 541 g/mol. The first-order chi connectivity index (χ1) is 17.4. The minimum absolute atomic E-state index is 0.115. The van der Waals surface area contributed by atoms with E-state index in [2.05, 4.69) is 0 Å². The van der Waals surface area contributed by atoms with Gasteiger partial charge in [-0.15, -0.1) is 0 Å². The molecule has 0 N–H and O–H groups in total.